The van der Waals surface area contributed by atoms with Gasteiger partial charge in [0.25, 0.3) is 0 Å². The molecule has 0 fully saturated rings. The van der Waals surface area contributed by atoms with Gasteiger partial charge in [-0.1, -0.05) is 0 Å². The molecule has 0 saturated carbocycles. The second-order valence-corrected chi connectivity index (χ2v) is 5.82. The minimum atomic E-state index is -3.61. The Balaban J connectivity index is 2.67. The molecule has 1 aromatic rings. The number of methoxy groups -OCH3 is 1. The van der Waals surface area contributed by atoms with Crippen LogP contribution in [0, 0.1) is 5.82 Å². The largest absolute Gasteiger partial charge is 0.385 e. The van der Waals surface area contributed by atoms with E-state index in [1.54, 1.807) is 7.11 Å². The first-order valence-corrected chi connectivity index (χ1v) is 7.46. The first kappa shape index (κ1) is 16.0. The lowest BCUT2D eigenvalue weighted by atomic mass is 10.2. The highest BCUT2D eigenvalue weighted by atomic mass is 32.2. The van der Waals surface area contributed by atoms with Crippen LogP contribution >= 0.6 is 0 Å². The zero-order valence-electron chi connectivity index (χ0n) is 10.9. The molecule has 7 heteroatoms. The monoisotopic (exact) mass is 290 g/mol. The molecule has 0 bridgehead atoms. The summed E-state index contributed by atoms with van der Waals surface area (Å²) in [5, 5.41) is 0. The van der Waals surface area contributed by atoms with Gasteiger partial charge in [-0.05, 0) is 31.0 Å². The van der Waals surface area contributed by atoms with Crippen LogP contribution in [0.5, 0.6) is 0 Å². The predicted molar refractivity (Wildman–Crippen MR) is 70.6 cm³/mol. The highest BCUT2D eigenvalue weighted by Gasteiger charge is 2.15. The number of hydrogen-bond donors (Lipinski definition) is 2. The molecule has 0 atom stereocenters. The molecular formula is C12H19FN2O3S. The Bertz CT molecular complexity index is 506. The number of unbranched alkanes of at least 4 members (excludes halogenated alkanes) is 1. The summed E-state index contributed by atoms with van der Waals surface area (Å²) in [6.07, 6.45) is 1.45. The van der Waals surface area contributed by atoms with Gasteiger partial charge in [0, 0.05) is 32.4 Å². The van der Waals surface area contributed by atoms with Crippen LogP contribution in [0.1, 0.15) is 18.4 Å². The van der Waals surface area contributed by atoms with E-state index in [9.17, 15) is 12.8 Å². The van der Waals surface area contributed by atoms with Crippen LogP contribution in [0.15, 0.2) is 23.1 Å². The smallest absolute Gasteiger partial charge is 0.240 e. The molecule has 0 saturated heterocycles. The van der Waals surface area contributed by atoms with Crippen molar-refractivity contribution in [2.24, 2.45) is 5.73 Å². The van der Waals surface area contributed by atoms with E-state index in [0.717, 1.165) is 12.5 Å². The van der Waals surface area contributed by atoms with E-state index < -0.39 is 15.8 Å². The van der Waals surface area contributed by atoms with E-state index >= 15 is 0 Å². The molecule has 108 valence electrons. The summed E-state index contributed by atoms with van der Waals surface area (Å²) in [5.41, 5.74) is 5.53. The number of nitrogens with two attached hydrogens (primary N) is 1. The van der Waals surface area contributed by atoms with E-state index in [1.165, 1.54) is 12.1 Å². The van der Waals surface area contributed by atoms with Crippen molar-refractivity contribution in [2.75, 3.05) is 20.3 Å². The minimum absolute atomic E-state index is 0.0288. The van der Waals surface area contributed by atoms with Crippen LogP contribution in [0.25, 0.3) is 0 Å². The second-order valence-electron chi connectivity index (χ2n) is 4.06. The average molecular weight is 290 g/mol. The second kappa shape index (κ2) is 7.54. The van der Waals surface area contributed by atoms with E-state index in [-0.39, 0.29) is 17.0 Å². The van der Waals surface area contributed by atoms with Crippen molar-refractivity contribution >= 4 is 10.0 Å². The molecule has 0 aliphatic heterocycles. The Labute approximate surface area is 113 Å². The molecule has 0 radical (unpaired) electrons. The molecule has 0 amide bonds. The third-order valence-corrected chi connectivity index (χ3v) is 4.07. The van der Waals surface area contributed by atoms with Gasteiger partial charge in [-0.25, -0.2) is 17.5 Å². The molecule has 0 aliphatic rings. The van der Waals surface area contributed by atoms with Gasteiger partial charge in [0.2, 0.25) is 10.0 Å². The standard InChI is InChI=1S/C12H19FN2O3S/c1-18-7-3-2-6-15-19(16,17)11-4-5-12(13)10(8-11)9-14/h4-5,8,15H,2-3,6-7,9,14H2,1H3. The summed E-state index contributed by atoms with van der Waals surface area (Å²) >= 11 is 0. The Morgan fingerprint density at radius 3 is 2.74 bits per heavy atom. The average Bonchev–Trinajstić information content (AvgIpc) is 2.38. The summed E-state index contributed by atoms with van der Waals surface area (Å²) < 4.78 is 44.4. The number of hydrogen-bond acceptors (Lipinski definition) is 4. The zero-order valence-corrected chi connectivity index (χ0v) is 11.7. The highest BCUT2D eigenvalue weighted by molar-refractivity contribution is 7.89. The third-order valence-electron chi connectivity index (χ3n) is 2.61. The fourth-order valence-electron chi connectivity index (χ4n) is 1.54. The van der Waals surface area contributed by atoms with Crippen LogP contribution < -0.4 is 10.5 Å². The number of sulfonamides is 1. The Kier molecular flexibility index (Phi) is 6.36. The van der Waals surface area contributed by atoms with Crippen molar-refractivity contribution in [3.8, 4) is 0 Å². The first-order valence-electron chi connectivity index (χ1n) is 5.98. The molecule has 1 rings (SSSR count). The summed E-state index contributed by atoms with van der Waals surface area (Å²) in [4.78, 5) is 0.0288. The lowest BCUT2D eigenvalue weighted by Gasteiger charge is -2.08. The van der Waals surface area contributed by atoms with Crippen molar-refractivity contribution < 1.29 is 17.5 Å². The molecule has 1 aromatic carbocycles. The van der Waals surface area contributed by atoms with Crippen molar-refractivity contribution in [3.63, 3.8) is 0 Å². The van der Waals surface area contributed by atoms with Gasteiger partial charge in [0.1, 0.15) is 5.82 Å². The fourth-order valence-corrected chi connectivity index (χ4v) is 2.66. The predicted octanol–water partition coefficient (Wildman–Crippen LogP) is 0.989. The van der Waals surface area contributed by atoms with Gasteiger partial charge in [0.05, 0.1) is 4.90 Å². The molecule has 0 aromatic heterocycles. The van der Waals surface area contributed by atoms with Crippen molar-refractivity contribution in [1.29, 1.82) is 0 Å². The number of ether oxygens (including phenoxy) is 1. The summed E-state index contributed by atoms with van der Waals surface area (Å²) in [6, 6.07) is 3.60. The van der Waals surface area contributed by atoms with Gasteiger partial charge >= 0.3 is 0 Å². The third kappa shape index (κ3) is 4.87. The van der Waals surface area contributed by atoms with Gasteiger partial charge in [-0.3, -0.25) is 0 Å². The molecule has 0 aliphatic carbocycles. The summed E-state index contributed by atoms with van der Waals surface area (Å²) in [7, 11) is -2.02. The van der Waals surface area contributed by atoms with Crippen LogP contribution in [0.3, 0.4) is 0 Å². The minimum Gasteiger partial charge on any atom is -0.385 e. The fraction of sp³-hybridized carbons (Fsp3) is 0.500. The normalized spacial score (nSPS) is 11.7. The van der Waals surface area contributed by atoms with E-state index in [0.29, 0.717) is 19.6 Å². The van der Waals surface area contributed by atoms with E-state index in [4.69, 9.17) is 10.5 Å². The Morgan fingerprint density at radius 1 is 1.37 bits per heavy atom. The SMILES string of the molecule is COCCCCNS(=O)(=O)c1ccc(F)c(CN)c1. The maximum Gasteiger partial charge on any atom is 0.240 e. The van der Waals surface area contributed by atoms with Gasteiger partial charge < -0.3 is 10.5 Å². The number of benzene rings is 1. The quantitative estimate of drug-likeness (QED) is 0.700. The van der Waals surface area contributed by atoms with Gasteiger partial charge in [-0.2, -0.15) is 0 Å². The maximum absolute atomic E-state index is 13.2. The lowest BCUT2D eigenvalue weighted by molar-refractivity contribution is 0.193. The number of halogens is 1. The van der Waals surface area contributed by atoms with Crippen LogP contribution in [-0.4, -0.2) is 28.7 Å². The van der Waals surface area contributed by atoms with Crippen molar-refractivity contribution in [3.05, 3.63) is 29.6 Å². The van der Waals surface area contributed by atoms with E-state index in [1.807, 2.05) is 0 Å². The molecule has 0 spiro atoms. The number of nitrogens with one attached hydrogen (secondary N) is 1. The Morgan fingerprint density at radius 2 is 2.11 bits per heavy atom. The summed E-state index contributed by atoms with van der Waals surface area (Å²) in [6.45, 7) is 0.875. The molecule has 19 heavy (non-hydrogen) atoms. The summed E-state index contributed by atoms with van der Waals surface area (Å²) in [5.74, 6) is -0.499. The molecule has 5 nitrogen and oxygen atoms in total. The van der Waals surface area contributed by atoms with Gasteiger partial charge in [0.15, 0.2) is 0 Å². The maximum atomic E-state index is 13.2. The van der Waals surface area contributed by atoms with Crippen molar-refractivity contribution in [2.45, 2.75) is 24.3 Å². The Hall–Kier alpha value is -1.02. The molecule has 0 unspecified atom stereocenters. The molecular weight excluding hydrogens is 271 g/mol. The zero-order chi connectivity index (χ0) is 14.3. The lowest BCUT2D eigenvalue weighted by Crippen LogP contribution is -2.25. The number of rotatable bonds is 8. The van der Waals surface area contributed by atoms with Crippen molar-refractivity contribution in [1.82, 2.24) is 4.72 Å². The van der Waals surface area contributed by atoms with Gasteiger partial charge in [-0.15, -0.1) is 0 Å². The van der Waals surface area contributed by atoms with Crippen LogP contribution in [-0.2, 0) is 21.3 Å². The topological polar surface area (TPSA) is 81.4 Å². The molecule has 3 N–H and O–H groups in total. The highest BCUT2D eigenvalue weighted by Crippen LogP contribution is 2.14. The first-order chi connectivity index (χ1) is 9.01. The molecule has 0 heterocycles. The van der Waals surface area contributed by atoms with Crippen LogP contribution in [0.2, 0.25) is 0 Å². The van der Waals surface area contributed by atoms with Crippen LogP contribution in [0.4, 0.5) is 4.39 Å². The van der Waals surface area contributed by atoms with E-state index in [2.05, 4.69) is 4.72 Å².